The number of carbonyl (C=O) groups is 1. The van der Waals surface area contributed by atoms with E-state index in [9.17, 15) is 9.35 Å². The predicted molar refractivity (Wildman–Crippen MR) is 149 cm³/mol. The molecule has 0 spiro atoms. The highest BCUT2D eigenvalue weighted by molar-refractivity contribution is 7.92. The molecule has 2 unspecified atom stereocenters. The van der Waals surface area contributed by atoms with Gasteiger partial charge in [-0.1, -0.05) is 24.3 Å². The summed E-state index contributed by atoms with van der Waals surface area (Å²) in [5.41, 5.74) is 4.34. The van der Waals surface area contributed by atoms with E-state index in [4.69, 9.17) is 14.5 Å². The Kier molecular flexibility index (Phi) is 7.44. The lowest BCUT2D eigenvalue weighted by atomic mass is 10.00. The molecule has 1 amide bonds. The van der Waals surface area contributed by atoms with Gasteiger partial charge in [-0.15, -0.1) is 0 Å². The molecule has 2 saturated heterocycles. The molecule has 0 aliphatic carbocycles. The van der Waals surface area contributed by atoms with Gasteiger partial charge in [-0.25, -0.2) is 4.98 Å². The number of hydrogen-bond acceptors (Lipinski definition) is 8. The standard InChI is InChI=1S/C29H33N5O4S/c1-19-5-3-6-20(2)27(19)25-14-26-31-29(30-25)32-39(36)24-8-4-7-22(13-24)28(35)34-11-10-33(16-23(17-34)38-26)15-21-9-12-37-18-21/h3-8,13-14,21,23H,9-12,15-18H2,1-2H3,(H,30,31,32)/t21?,23-,39?/m1/s1. The van der Waals surface area contributed by atoms with Crippen molar-refractivity contribution in [1.29, 1.82) is 0 Å². The van der Waals surface area contributed by atoms with Gasteiger partial charge in [0.05, 0.1) is 18.8 Å². The van der Waals surface area contributed by atoms with E-state index in [1.807, 2.05) is 43.0 Å². The average molecular weight is 548 g/mol. The highest BCUT2D eigenvalue weighted by atomic mass is 32.2. The number of aromatic nitrogens is 2. The maximum atomic E-state index is 13.6. The van der Waals surface area contributed by atoms with Crippen LogP contribution in [0, 0.1) is 19.8 Å². The Hall–Kier alpha value is -3.18. The van der Waals surface area contributed by atoms with E-state index in [1.165, 1.54) is 0 Å². The summed E-state index contributed by atoms with van der Waals surface area (Å²) in [6.45, 7) is 8.99. The molecule has 3 aromatic rings. The molecule has 3 aliphatic heterocycles. The van der Waals surface area contributed by atoms with E-state index in [0.717, 1.165) is 49.4 Å². The van der Waals surface area contributed by atoms with Gasteiger partial charge in [0.15, 0.2) is 4.90 Å². The summed E-state index contributed by atoms with van der Waals surface area (Å²) in [6, 6.07) is 14.9. The summed E-state index contributed by atoms with van der Waals surface area (Å²) < 4.78 is 28.4. The molecule has 39 heavy (non-hydrogen) atoms. The van der Waals surface area contributed by atoms with Crippen LogP contribution in [0.4, 0.5) is 5.95 Å². The molecule has 6 bridgehead atoms. The van der Waals surface area contributed by atoms with Gasteiger partial charge in [-0.05, 0) is 49.4 Å². The Balaban J connectivity index is 1.41. The zero-order chi connectivity index (χ0) is 26.9. The zero-order valence-electron chi connectivity index (χ0n) is 22.3. The van der Waals surface area contributed by atoms with Gasteiger partial charge in [-0.3, -0.25) is 9.69 Å². The first-order valence-corrected chi connectivity index (χ1v) is 14.6. The van der Waals surface area contributed by atoms with Crippen molar-refractivity contribution >= 4 is 23.2 Å². The Morgan fingerprint density at radius 3 is 2.69 bits per heavy atom. The van der Waals surface area contributed by atoms with E-state index < -0.39 is 11.4 Å². The van der Waals surface area contributed by atoms with Crippen LogP contribution in [0.2, 0.25) is 0 Å². The summed E-state index contributed by atoms with van der Waals surface area (Å²) in [6.07, 6.45) is 0.746. The number of benzene rings is 2. The van der Waals surface area contributed by atoms with Gasteiger partial charge in [0.25, 0.3) is 11.9 Å². The Bertz CT molecular complexity index is 1350. The molecule has 6 rings (SSSR count). The highest BCUT2D eigenvalue weighted by Gasteiger charge is 2.31. The van der Waals surface area contributed by atoms with Crippen molar-refractivity contribution in [2.75, 3.05) is 50.7 Å². The first-order valence-electron chi connectivity index (χ1n) is 13.4. The number of aryl methyl sites for hydroxylation is 2. The lowest BCUT2D eigenvalue weighted by Crippen LogP contribution is -2.41. The molecule has 3 aliphatic rings. The van der Waals surface area contributed by atoms with Crippen molar-refractivity contribution in [3.8, 4) is 17.1 Å². The molecule has 10 heteroatoms. The second-order valence-electron chi connectivity index (χ2n) is 10.6. The molecule has 3 atom stereocenters. The number of ether oxygens (including phenoxy) is 2. The van der Waals surface area contributed by atoms with Crippen molar-refractivity contribution in [1.82, 2.24) is 19.8 Å². The van der Waals surface area contributed by atoms with Crippen LogP contribution in [-0.2, 0) is 16.1 Å². The fraction of sp³-hybridized carbons (Fsp3) is 0.414. The van der Waals surface area contributed by atoms with Gasteiger partial charge in [0, 0.05) is 56.0 Å². The number of nitrogens with one attached hydrogen (secondary N) is 1. The molecule has 2 fully saturated rings. The van der Waals surface area contributed by atoms with E-state index in [2.05, 4.69) is 14.6 Å². The summed E-state index contributed by atoms with van der Waals surface area (Å²) in [5, 5.41) is 0. The number of anilines is 1. The molecular formula is C29H33N5O4S. The first kappa shape index (κ1) is 26.1. The monoisotopic (exact) mass is 547 g/mol. The Morgan fingerprint density at radius 2 is 1.90 bits per heavy atom. The first-order chi connectivity index (χ1) is 18.9. The number of carbonyl (C=O) groups excluding carboxylic acids is 1. The lowest BCUT2D eigenvalue weighted by molar-refractivity contribution is 0.0689. The number of fused-ring (bicyclic) bond motifs is 6. The van der Waals surface area contributed by atoms with Crippen LogP contribution in [0.25, 0.3) is 11.3 Å². The van der Waals surface area contributed by atoms with Crippen LogP contribution in [0.1, 0.15) is 27.9 Å². The van der Waals surface area contributed by atoms with Crippen molar-refractivity contribution in [3.05, 3.63) is 65.2 Å². The Labute approximate surface area is 231 Å². The van der Waals surface area contributed by atoms with E-state index in [-0.39, 0.29) is 18.0 Å². The fourth-order valence-corrected chi connectivity index (χ4v) is 6.48. The van der Waals surface area contributed by atoms with Gasteiger partial charge in [0.1, 0.15) is 17.5 Å². The maximum Gasteiger partial charge on any atom is 0.269 e. The average Bonchev–Trinajstić information content (AvgIpc) is 3.35. The van der Waals surface area contributed by atoms with Gasteiger partial charge < -0.3 is 18.9 Å². The normalized spacial score (nSPS) is 23.6. The third-order valence-corrected chi connectivity index (χ3v) is 8.66. The van der Waals surface area contributed by atoms with E-state index >= 15 is 0 Å². The van der Waals surface area contributed by atoms with Crippen molar-refractivity contribution in [3.63, 3.8) is 0 Å². The Morgan fingerprint density at radius 1 is 1.08 bits per heavy atom. The third-order valence-electron chi connectivity index (χ3n) is 7.61. The van der Waals surface area contributed by atoms with Crippen molar-refractivity contribution < 1.29 is 18.8 Å². The fourth-order valence-electron chi connectivity index (χ4n) is 5.67. The SMILES string of the molecule is Cc1cccc(C)c1-c1cc2nc(n1)N[S+]([O-])c1cccc(c1)C(=O)N1CCN(CC3CCOC3)C[C@H](C1)O2. The number of rotatable bonds is 3. The second-order valence-corrected chi connectivity index (χ2v) is 11.8. The summed E-state index contributed by atoms with van der Waals surface area (Å²) in [5.74, 6) is 0.985. The minimum Gasteiger partial charge on any atom is -0.588 e. The zero-order valence-corrected chi connectivity index (χ0v) is 23.1. The van der Waals surface area contributed by atoms with Crippen LogP contribution < -0.4 is 9.46 Å². The minimum absolute atomic E-state index is 0.0956. The molecule has 0 radical (unpaired) electrons. The van der Waals surface area contributed by atoms with Crippen molar-refractivity contribution in [2.24, 2.45) is 5.92 Å². The van der Waals surface area contributed by atoms with E-state index in [0.29, 0.717) is 47.6 Å². The molecule has 9 nitrogen and oxygen atoms in total. The number of hydrogen-bond donors (Lipinski definition) is 1. The van der Waals surface area contributed by atoms with Crippen LogP contribution in [-0.4, -0.2) is 82.3 Å². The molecule has 2 aromatic carbocycles. The van der Waals surface area contributed by atoms with Gasteiger partial charge in [-0.2, -0.15) is 9.71 Å². The lowest BCUT2D eigenvalue weighted by Gasteiger charge is -2.26. The number of amides is 1. The molecule has 1 aromatic heterocycles. The van der Waals surface area contributed by atoms with Crippen LogP contribution >= 0.6 is 0 Å². The highest BCUT2D eigenvalue weighted by Crippen LogP contribution is 2.30. The smallest absolute Gasteiger partial charge is 0.269 e. The summed E-state index contributed by atoms with van der Waals surface area (Å²) in [7, 11) is 0. The van der Waals surface area contributed by atoms with E-state index in [1.54, 1.807) is 24.3 Å². The van der Waals surface area contributed by atoms with Gasteiger partial charge in [0.2, 0.25) is 5.88 Å². The summed E-state index contributed by atoms with van der Waals surface area (Å²) in [4.78, 5) is 27.7. The van der Waals surface area contributed by atoms with Crippen LogP contribution in [0.5, 0.6) is 5.88 Å². The van der Waals surface area contributed by atoms with Crippen LogP contribution in [0.15, 0.2) is 53.4 Å². The van der Waals surface area contributed by atoms with Gasteiger partial charge >= 0.3 is 0 Å². The molecule has 4 heterocycles. The summed E-state index contributed by atoms with van der Waals surface area (Å²) >= 11 is -1.67. The third kappa shape index (κ3) is 5.74. The second kappa shape index (κ2) is 11.1. The molecular weight excluding hydrogens is 514 g/mol. The number of nitrogens with zero attached hydrogens (tertiary/aromatic N) is 4. The minimum atomic E-state index is -1.67. The van der Waals surface area contributed by atoms with Crippen LogP contribution in [0.3, 0.4) is 0 Å². The molecule has 0 saturated carbocycles. The van der Waals surface area contributed by atoms with Crippen molar-refractivity contribution in [2.45, 2.75) is 31.3 Å². The molecule has 204 valence electrons. The topological polar surface area (TPSA) is 103 Å². The quantitative estimate of drug-likeness (QED) is 0.498. The molecule has 1 N–H and O–H groups in total. The predicted octanol–water partition coefficient (Wildman–Crippen LogP) is 3.45. The largest absolute Gasteiger partial charge is 0.588 e. The maximum absolute atomic E-state index is 13.6.